The van der Waals surface area contributed by atoms with Crippen LogP contribution >= 0.6 is 11.6 Å². The fraction of sp³-hybridized carbons (Fsp3) is 0.346. The number of aromatic nitrogens is 1. The van der Waals surface area contributed by atoms with Crippen molar-refractivity contribution in [3.8, 4) is 5.88 Å². The zero-order chi connectivity index (χ0) is 23.4. The lowest BCUT2D eigenvalue weighted by molar-refractivity contribution is -0.137. The summed E-state index contributed by atoms with van der Waals surface area (Å²) in [5.41, 5.74) is 1.66. The number of rotatable bonds is 6. The van der Waals surface area contributed by atoms with Crippen molar-refractivity contribution in [2.45, 2.75) is 38.1 Å². The van der Waals surface area contributed by atoms with E-state index in [1.807, 2.05) is 37.3 Å². The highest BCUT2D eigenvalue weighted by atomic mass is 35.5. The van der Waals surface area contributed by atoms with E-state index in [1.165, 1.54) is 17.2 Å². The van der Waals surface area contributed by atoms with Gasteiger partial charge in [0.05, 0.1) is 5.56 Å². The molecule has 33 heavy (non-hydrogen) atoms. The maximum Gasteiger partial charge on any atom is 0.417 e. The Morgan fingerprint density at radius 2 is 1.79 bits per heavy atom. The lowest BCUT2D eigenvalue weighted by Gasteiger charge is -2.41. The Bertz CT molecular complexity index is 1030. The number of halogens is 4. The molecule has 1 aliphatic heterocycles. The summed E-state index contributed by atoms with van der Waals surface area (Å²) < 4.78 is 44.5. The summed E-state index contributed by atoms with van der Waals surface area (Å²) >= 11 is 6.11. The first kappa shape index (κ1) is 23.6. The van der Waals surface area contributed by atoms with Crippen LogP contribution in [0.1, 0.15) is 36.0 Å². The molecular formula is C26H26ClF3N2O. The van der Waals surface area contributed by atoms with Gasteiger partial charge in [-0.3, -0.25) is 4.90 Å². The van der Waals surface area contributed by atoms with Gasteiger partial charge in [0.15, 0.2) is 0 Å². The zero-order valence-corrected chi connectivity index (χ0v) is 19.1. The molecule has 0 bridgehead atoms. The van der Waals surface area contributed by atoms with Crippen LogP contribution in [0.4, 0.5) is 13.2 Å². The van der Waals surface area contributed by atoms with E-state index in [0.29, 0.717) is 5.02 Å². The number of nitrogens with zero attached hydrogens (tertiary/aromatic N) is 2. The highest BCUT2D eigenvalue weighted by molar-refractivity contribution is 6.30. The molecule has 1 fully saturated rings. The highest BCUT2D eigenvalue weighted by Crippen LogP contribution is 2.37. The van der Waals surface area contributed by atoms with E-state index in [4.69, 9.17) is 16.3 Å². The van der Waals surface area contributed by atoms with Crippen molar-refractivity contribution >= 4 is 11.6 Å². The van der Waals surface area contributed by atoms with Gasteiger partial charge in [0.25, 0.3) is 0 Å². The molecule has 3 aromatic rings. The van der Waals surface area contributed by atoms with Gasteiger partial charge in [-0.2, -0.15) is 13.2 Å². The molecule has 0 amide bonds. The average Bonchev–Trinajstić information content (AvgIpc) is 2.80. The average molecular weight is 475 g/mol. The number of likely N-dealkylation sites (tertiary alicyclic amines) is 1. The summed E-state index contributed by atoms with van der Waals surface area (Å²) in [6, 6.07) is 20.6. The molecule has 0 radical (unpaired) electrons. The van der Waals surface area contributed by atoms with E-state index in [9.17, 15) is 13.2 Å². The molecule has 7 heteroatoms. The van der Waals surface area contributed by atoms with Crippen molar-refractivity contribution in [3.05, 3.63) is 94.6 Å². The predicted octanol–water partition coefficient (Wildman–Crippen LogP) is 6.83. The quantitative estimate of drug-likeness (QED) is 0.391. The third-order valence-electron chi connectivity index (χ3n) is 6.27. The fourth-order valence-corrected chi connectivity index (χ4v) is 4.67. The number of piperidine rings is 1. The van der Waals surface area contributed by atoms with Gasteiger partial charge in [0.2, 0.25) is 5.88 Å². The third kappa shape index (κ3) is 6.06. The minimum atomic E-state index is -4.41. The summed E-state index contributed by atoms with van der Waals surface area (Å²) in [6.07, 6.45) is -2.90. The Kier molecular flexibility index (Phi) is 7.25. The molecular weight excluding hydrogens is 449 g/mol. The van der Waals surface area contributed by atoms with Crippen molar-refractivity contribution in [1.82, 2.24) is 9.88 Å². The van der Waals surface area contributed by atoms with Crippen LogP contribution in [0.3, 0.4) is 0 Å². The lowest BCUT2D eigenvalue weighted by atomic mass is 9.77. The van der Waals surface area contributed by atoms with Crippen LogP contribution < -0.4 is 4.74 Å². The number of alkyl halides is 3. The summed E-state index contributed by atoms with van der Waals surface area (Å²) in [5.74, 6) is 0.587. The summed E-state index contributed by atoms with van der Waals surface area (Å²) in [5, 5.41) is 0.686. The maximum absolute atomic E-state index is 12.8. The summed E-state index contributed by atoms with van der Waals surface area (Å²) in [4.78, 5) is 6.33. The Hall–Kier alpha value is -2.57. The molecule has 1 saturated heterocycles. The van der Waals surface area contributed by atoms with E-state index in [1.54, 1.807) is 0 Å². The van der Waals surface area contributed by atoms with Gasteiger partial charge in [0.1, 0.15) is 6.10 Å². The molecule has 1 aromatic heterocycles. The third-order valence-corrected chi connectivity index (χ3v) is 6.52. The highest BCUT2D eigenvalue weighted by Gasteiger charge is 2.35. The molecule has 1 aliphatic rings. The number of ether oxygens (including phenoxy) is 1. The minimum absolute atomic E-state index is 0.183. The Morgan fingerprint density at radius 1 is 1.06 bits per heavy atom. The van der Waals surface area contributed by atoms with E-state index in [-0.39, 0.29) is 23.8 Å². The van der Waals surface area contributed by atoms with Crippen LogP contribution in [-0.4, -0.2) is 29.1 Å². The van der Waals surface area contributed by atoms with Gasteiger partial charge in [-0.05, 0) is 49.2 Å². The van der Waals surface area contributed by atoms with E-state index in [0.717, 1.165) is 38.3 Å². The van der Waals surface area contributed by atoms with Gasteiger partial charge in [-0.25, -0.2) is 4.98 Å². The molecule has 0 saturated carbocycles. The molecule has 3 unspecified atom stereocenters. The van der Waals surface area contributed by atoms with Crippen molar-refractivity contribution in [2.24, 2.45) is 5.92 Å². The molecule has 0 aliphatic carbocycles. The van der Waals surface area contributed by atoms with E-state index >= 15 is 0 Å². The monoisotopic (exact) mass is 474 g/mol. The molecule has 3 nitrogen and oxygen atoms in total. The van der Waals surface area contributed by atoms with Gasteiger partial charge in [-0.1, -0.05) is 54.1 Å². The van der Waals surface area contributed by atoms with Crippen LogP contribution in [0, 0.1) is 5.92 Å². The second-order valence-corrected chi connectivity index (χ2v) is 8.97. The van der Waals surface area contributed by atoms with Gasteiger partial charge in [0, 0.05) is 42.2 Å². The van der Waals surface area contributed by atoms with Crippen LogP contribution in [0.25, 0.3) is 0 Å². The first-order valence-corrected chi connectivity index (χ1v) is 11.4. The normalized spacial score (nSPS) is 20.4. The first-order valence-electron chi connectivity index (χ1n) is 11.0. The van der Waals surface area contributed by atoms with Gasteiger partial charge in [-0.15, -0.1) is 0 Å². The van der Waals surface area contributed by atoms with Crippen molar-refractivity contribution < 1.29 is 17.9 Å². The topological polar surface area (TPSA) is 25.4 Å². The molecule has 174 valence electrons. The largest absolute Gasteiger partial charge is 0.474 e. The predicted molar refractivity (Wildman–Crippen MR) is 123 cm³/mol. The molecule has 3 atom stereocenters. The van der Waals surface area contributed by atoms with Crippen molar-refractivity contribution in [2.75, 3.05) is 13.1 Å². The summed E-state index contributed by atoms with van der Waals surface area (Å²) in [7, 11) is 0. The van der Waals surface area contributed by atoms with Crippen molar-refractivity contribution in [3.63, 3.8) is 0 Å². The Labute approximate surface area is 197 Å². The Morgan fingerprint density at radius 3 is 2.42 bits per heavy atom. The van der Waals surface area contributed by atoms with Gasteiger partial charge < -0.3 is 4.74 Å². The molecule has 2 aromatic carbocycles. The SMILES string of the molecule is CC(Oc1ccc(C(F)(F)F)cn1)C1CCN(Cc2ccccc2)CC1c1ccc(Cl)cc1. The van der Waals surface area contributed by atoms with Crippen molar-refractivity contribution in [1.29, 1.82) is 0 Å². The molecule has 0 N–H and O–H groups in total. The smallest absolute Gasteiger partial charge is 0.417 e. The molecule has 2 heterocycles. The van der Waals surface area contributed by atoms with Crippen LogP contribution in [0.2, 0.25) is 5.02 Å². The number of benzene rings is 2. The maximum atomic E-state index is 12.8. The number of pyridine rings is 1. The van der Waals surface area contributed by atoms with E-state index < -0.39 is 11.7 Å². The Balaban J connectivity index is 1.50. The number of hydrogen-bond acceptors (Lipinski definition) is 3. The van der Waals surface area contributed by atoms with E-state index in [2.05, 4.69) is 34.1 Å². The lowest BCUT2D eigenvalue weighted by Crippen LogP contribution is -2.43. The van der Waals surface area contributed by atoms with Crippen LogP contribution in [-0.2, 0) is 12.7 Å². The molecule has 4 rings (SSSR count). The number of hydrogen-bond donors (Lipinski definition) is 0. The standard InChI is InChI=1S/C26H26ClF3N2O/c1-18(33-25-12-9-21(15-31-25)26(28,29)30)23-13-14-32(16-19-5-3-2-4-6-19)17-24(23)20-7-10-22(27)11-8-20/h2-12,15,18,23-24H,13-14,16-17H2,1H3. The van der Waals surface area contributed by atoms with Crippen LogP contribution in [0.5, 0.6) is 5.88 Å². The minimum Gasteiger partial charge on any atom is -0.474 e. The second-order valence-electron chi connectivity index (χ2n) is 8.54. The fourth-order valence-electron chi connectivity index (χ4n) is 4.54. The first-order chi connectivity index (χ1) is 15.8. The summed E-state index contributed by atoms with van der Waals surface area (Å²) in [6.45, 7) is 4.61. The zero-order valence-electron chi connectivity index (χ0n) is 18.3. The molecule has 0 spiro atoms. The van der Waals surface area contributed by atoms with Crippen LogP contribution in [0.15, 0.2) is 72.9 Å². The second kappa shape index (κ2) is 10.1. The van der Waals surface area contributed by atoms with Gasteiger partial charge >= 0.3 is 6.18 Å².